The van der Waals surface area contributed by atoms with Crippen LogP contribution in [0.1, 0.15) is 0 Å². The Morgan fingerprint density at radius 2 is 1.74 bits per heavy atom. The van der Waals surface area contributed by atoms with Gasteiger partial charge in [0, 0.05) is 18.2 Å². The van der Waals surface area contributed by atoms with Crippen molar-refractivity contribution in [1.82, 2.24) is 0 Å². The van der Waals surface area contributed by atoms with Crippen LogP contribution >= 0.6 is 0 Å². The van der Waals surface area contributed by atoms with Gasteiger partial charge < -0.3 is 4.74 Å². The average Bonchev–Trinajstić information content (AvgIpc) is 2.44. The van der Waals surface area contributed by atoms with Crippen molar-refractivity contribution in [2.75, 3.05) is 11.8 Å². The molecule has 2 aromatic carbocycles. The van der Waals surface area contributed by atoms with E-state index in [-0.39, 0.29) is 11.4 Å². The number of nitrogens with zero attached hydrogens (tertiary/aromatic N) is 1. The van der Waals surface area contributed by atoms with Crippen LogP contribution in [0, 0.1) is 21.7 Å². The molecule has 0 unspecified atom stereocenters. The minimum absolute atomic E-state index is 0.153. The number of hydrogen-bond donors (Lipinski definition) is 1. The lowest BCUT2D eigenvalue weighted by Gasteiger charge is -2.11. The fraction of sp³-hybridized carbons (Fsp3) is 0.0769. The maximum absolute atomic E-state index is 13.1. The van der Waals surface area contributed by atoms with E-state index in [2.05, 4.69) is 0 Å². The highest BCUT2D eigenvalue weighted by atomic mass is 32.2. The number of benzene rings is 2. The molecular weight excluding hydrogens is 334 g/mol. The van der Waals surface area contributed by atoms with Crippen molar-refractivity contribution in [3.8, 4) is 5.75 Å². The Labute approximate surface area is 129 Å². The molecule has 0 saturated carbocycles. The Bertz CT molecular complexity index is 850. The number of nitro benzene ring substituents is 1. The van der Waals surface area contributed by atoms with Gasteiger partial charge in [0.05, 0.1) is 17.7 Å². The first kappa shape index (κ1) is 16.6. The molecule has 0 bridgehead atoms. The molecule has 0 aliphatic carbocycles. The lowest BCUT2D eigenvalue weighted by molar-refractivity contribution is -0.385. The molecule has 0 saturated heterocycles. The Balaban J connectivity index is 2.50. The van der Waals surface area contributed by atoms with Gasteiger partial charge in [-0.1, -0.05) is 0 Å². The maximum atomic E-state index is 13.1. The Kier molecular flexibility index (Phi) is 4.45. The second kappa shape index (κ2) is 6.16. The molecule has 2 aromatic rings. The van der Waals surface area contributed by atoms with Gasteiger partial charge in [-0.05, 0) is 18.2 Å². The molecule has 0 fully saturated rings. The molecule has 0 atom stereocenters. The number of ether oxygens (including phenoxy) is 1. The SMILES string of the molecule is COc1ccc([N+](=O)[O-])cc1S(=O)(=O)Nc1cc(F)cc(F)c1. The van der Waals surface area contributed by atoms with Crippen LogP contribution in [0.3, 0.4) is 0 Å². The number of sulfonamides is 1. The molecule has 2 rings (SSSR count). The summed E-state index contributed by atoms with van der Waals surface area (Å²) >= 11 is 0. The number of non-ortho nitro benzene ring substituents is 1. The van der Waals surface area contributed by atoms with E-state index in [0.29, 0.717) is 6.07 Å². The number of rotatable bonds is 5. The Morgan fingerprint density at radius 3 is 2.26 bits per heavy atom. The molecule has 0 aliphatic heterocycles. The second-order valence-corrected chi connectivity index (χ2v) is 6.01. The van der Waals surface area contributed by atoms with Crippen molar-refractivity contribution in [3.05, 3.63) is 58.1 Å². The van der Waals surface area contributed by atoms with Crippen LogP contribution in [0.2, 0.25) is 0 Å². The first-order valence-electron chi connectivity index (χ1n) is 6.04. The van der Waals surface area contributed by atoms with Gasteiger partial charge >= 0.3 is 0 Å². The molecule has 0 aliphatic rings. The first-order chi connectivity index (χ1) is 10.7. The standard InChI is InChI=1S/C13H10F2N2O5S/c1-22-12-3-2-11(17(18)19)7-13(12)23(20,21)16-10-5-8(14)4-9(15)6-10/h2-7,16H,1H3. The van der Waals surface area contributed by atoms with E-state index in [9.17, 15) is 27.3 Å². The van der Waals surface area contributed by atoms with Gasteiger partial charge in [0.15, 0.2) is 0 Å². The fourth-order valence-corrected chi connectivity index (χ4v) is 3.04. The van der Waals surface area contributed by atoms with Gasteiger partial charge in [-0.2, -0.15) is 0 Å². The third-order valence-electron chi connectivity index (χ3n) is 2.76. The number of methoxy groups -OCH3 is 1. The highest BCUT2D eigenvalue weighted by Crippen LogP contribution is 2.29. The van der Waals surface area contributed by atoms with Crippen LogP contribution in [0.25, 0.3) is 0 Å². The van der Waals surface area contributed by atoms with E-state index in [1.807, 2.05) is 4.72 Å². The molecule has 1 N–H and O–H groups in total. The van der Waals surface area contributed by atoms with E-state index in [0.717, 1.165) is 30.3 Å². The van der Waals surface area contributed by atoms with Gasteiger partial charge in [-0.15, -0.1) is 0 Å². The number of hydrogen-bond acceptors (Lipinski definition) is 5. The highest BCUT2D eigenvalue weighted by molar-refractivity contribution is 7.92. The first-order valence-corrected chi connectivity index (χ1v) is 7.52. The van der Waals surface area contributed by atoms with Gasteiger partial charge in [0.2, 0.25) is 0 Å². The summed E-state index contributed by atoms with van der Waals surface area (Å²) in [7, 11) is -3.18. The average molecular weight is 344 g/mol. The highest BCUT2D eigenvalue weighted by Gasteiger charge is 2.23. The van der Waals surface area contributed by atoms with E-state index < -0.39 is 37.2 Å². The Hall–Kier alpha value is -2.75. The molecule has 0 aromatic heterocycles. The minimum Gasteiger partial charge on any atom is -0.495 e. The van der Waals surface area contributed by atoms with Gasteiger partial charge in [0.25, 0.3) is 15.7 Å². The van der Waals surface area contributed by atoms with Crippen molar-refractivity contribution < 1.29 is 26.9 Å². The van der Waals surface area contributed by atoms with Crippen molar-refractivity contribution in [2.45, 2.75) is 4.90 Å². The van der Waals surface area contributed by atoms with Crippen LogP contribution in [0.5, 0.6) is 5.75 Å². The van der Waals surface area contributed by atoms with Crippen LogP contribution < -0.4 is 9.46 Å². The lowest BCUT2D eigenvalue weighted by Crippen LogP contribution is -2.14. The van der Waals surface area contributed by atoms with Crippen LogP contribution in [-0.4, -0.2) is 20.5 Å². The summed E-state index contributed by atoms with van der Waals surface area (Å²) in [6.07, 6.45) is 0. The monoisotopic (exact) mass is 344 g/mol. The molecule has 23 heavy (non-hydrogen) atoms. The quantitative estimate of drug-likeness (QED) is 0.664. The van der Waals surface area contributed by atoms with Crippen molar-refractivity contribution in [1.29, 1.82) is 0 Å². The van der Waals surface area contributed by atoms with Crippen molar-refractivity contribution in [2.24, 2.45) is 0 Å². The third kappa shape index (κ3) is 3.72. The summed E-state index contributed by atoms with van der Waals surface area (Å²) < 4.78 is 57.7. The summed E-state index contributed by atoms with van der Waals surface area (Å²) in [5.74, 6) is -2.11. The van der Waals surface area contributed by atoms with Gasteiger partial charge in [-0.25, -0.2) is 17.2 Å². The zero-order valence-corrected chi connectivity index (χ0v) is 12.4. The van der Waals surface area contributed by atoms with E-state index in [1.54, 1.807) is 0 Å². The van der Waals surface area contributed by atoms with Crippen LogP contribution in [0.4, 0.5) is 20.2 Å². The number of nitrogens with one attached hydrogen (secondary N) is 1. The summed E-state index contributed by atoms with van der Waals surface area (Å²) in [6, 6.07) is 5.08. The van der Waals surface area contributed by atoms with E-state index >= 15 is 0 Å². The summed E-state index contributed by atoms with van der Waals surface area (Å²) in [6.45, 7) is 0. The molecule has 0 spiro atoms. The summed E-state index contributed by atoms with van der Waals surface area (Å²) in [5, 5.41) is 10.8. The molecule has 122 valence electrons. The topological polar surface area (TPSA) is 98.5 Å². The third-order valence-corrected chi connectivity index (χ3v) is 4.16. The van der Waals surface area contributed by atoms with Gasteiger partial charge in [0.1, 0.15) is 22.3 Å². The predicted octanol–water partition coefficient (Wildman–Crippen LogP) is 2.68. The zero-order valence-electron chi connectivity index (χ0n) is 11.6. The maximum Gasteiger partial charge on any atom is 0.271 e. The Morgan fingerprint density at radius 1 is 1.13 bits per heavy atom. The zero-order chi connectivity index (χ0) is 17.2. The number of nitro groups is 1. The molecule has 0 heterocycles. The van der Waals surface area contributed by atoms with Crippen molar-refractivity contribution >= 4 is 21.4 Å². The molecule has 10 heteroatoms. The number of halogens is 2. The molecular formula is C13H10F2N2O5S. The normalized spacial score (nSPS) is 11.1. The summed E-state index contributed by atoms with van der Waals surface area (Å²) in [5.41, 5.74) is -0.840. The van der Waals surface area contributed by atoms with Gasteiger partial charge in [-0.3, -0.25) is 14.8 Å². The van der Waals surface area contributed by atoms with E-state index in [4.69, 9.17) is 4.74 Å². The van der Waals surface area contributed by atoms with Crippen molar-refractivity contribution in [3.63, 3.8) is 0 Å². The van der Waals surface area contributed by atoms with E-state index in [1.165, 1.54) is 7.11 Å². The lowest BCUT2D eigenvalue weighted by atomic mass is 10.3. The smallest absolute Gasteiger partial charge is 0.271 e. The largest absolute Gasteiger partial charge is 0.495 e. The molecule has 7 nitrogen and oxygen atoms in total. The molecule has 0 radical (unpaired) electrons. The fourth-order valence-electron chi connectivity index (χ4n) is 1.81. The predicted molar refractivity (Wildman–Crippen MR) is 76.8 cm³/mol. The molecule has 0 amide bonds. The van der Waals surface area contributed by atoms with Crippen LogP contribution in [0.15, 0.2) is 41.3 Å². The second-order valence-electron chi connectivity index (χ2n) is 4.36. The summed E-state index contributed by atoms with van der Waals surface area (Å²) in [4.78, 5) is 9.47. The van der Waals surface area contributed by atoms with Crippen LogP contribution in [-0.2, 0) is 10.0 Å². The minimum atomic E-state index is -4.36. The number of anilines is 1.